The summed E-state index contributed by atoms with van der Waals surface area (Å²) in [5, 5.41) is 0. The molecule has 0 aliphatic heterocycles. The van der Waals surface area contributed by atoms with Crippen LogP contribution in [0.4, 0.5) is 0 Å². The van der Waals surface area contributed by atoms with Crippen molar-refractivity contribution in [3.63, 3.8) is 0 Å². The van der Waals surface area contributed by atoms with Crippen LogP contribution in [0.25, 0.3) is 28.0 Å². The summed E-state index contributed by atoms with van der Waals surface area (Å²) in [7, 11) is 0. The van der Waals surface area contributed by atoms with Crippen LogP contribution in [0.15, 0.2) is 97.1 Å². The fraction of sp³-hybridized carbons (Fsp3) is 0.0800. The van der Waals surface area contributed by atoms with E-state index < -0.39 is 0 Å². The Morgan fingerprint density at radius 2 is 1.54 bits per heavy atom. The van der Waals surface area contributed by atoms with E-state index in [-0.39, 0.29) is 0 Å². The zero-order valence-electron chi connectivity index (χ0n) is 15.9. The number of rotatable bonds is 5. The molecule has 0 radical (unpaired) electrons. The number of hydrogen-bond donors (Lipinski definition) is 1. The molecule has 4 rings (SSSR count). The van der Waals surface area contributed by atoms with Gasteiger partial charge >= 0.3 is 0 Å². The van der Waals surface area contributed by atoms with Crippen LogP contribution in [0.1, 0.15) is 24.7 Å². The molecule has 0 saturated carbocycles. The van der Waals surface area contributed by atoms with Gasteiger partial charge < -0.3 is 5.73 Å². The third-order valence-electron chi connectivity index (χ3n) is 4.68. The minimum absolute atomic E-state index is 0.729. The van der Waals surface area contributed by atoms with E-state index in [9.17, 15) is 0 Å². The number of nitrogens with zero attached hydrogens (tertiary/aromatic N) is 2. The molecule has 0 atom stereocenters. The van der Waals surface area contributed by atoms with Gasteiger partial charge in [-0.25, -0.2) is 4.98 Å². The van der Waals surface area contributed by atoms with Gasteiger partial charge in [0.25, 0.3) is 0 Å². The maximum atomic E-state index is 6.43. The molecule has 0 amide bonds. The Labute approximate surface area is 165 Å². The van der Waals surface area contributed by atoms with E-state index in [2.05, 4.69) is 35.8 Å². The molecule has 0 aliphatic rings. The fourth-order valence-corrected chi connectivity index (χ4v) is 3.37. The largest absolute Gasteiger partial charge is 0.398 e. The molecule has 0 unspecified atom stereocenters. The molecule has 3 aromatic carbocycles. The highest BCUT2D eigenvalue weighted by Crippen LogP contribution is 2.28. The van der Waals surface area contributed by atoms with Crippen LogP contribution in [0.5, 0.6) is 0 Å². The van der Waals surface area contributed by atoms with Crippen molar-refractivity contribution in [3.05, 3.63) is 108 Å². The quantitative estimate of drug-likeness (QED) is 0.453. The summed E-state index contributed by atoms with van der Waals surface area (Å²) >= 11 is 0. The Morgan fingerprint density at radius 1 is 0.893 bits per heavy atom. The smallest absolute Gasteiger partial charge is 0.145 e. The van der Waals surface area contributed by atoms with Crippen LogP contribution in [-0.4, -0.2) is 9.55 Å². The molecule has 0 bridgehead atoms. The summed E-state index contributed by atoms with van der Waals surface area (Å²) in [5.41, 5.74) is 12.3. The second kappa shape index (κ2) is 7.97. The third-order valence-corrected chi connectivity index (χ3v) is 4.68. The molecule has 28 heavy (non-hydrogen) atoms. The Kier molecular flexibility index (Phi) is 5.07. The van der Waals surface area contributed by atoms with Crippen molar-refractivity contribution in [1.29, 1.82) is 0 Å². The first-order chi connectivity index (χ1) is 13.8. The zero-order chi connectivity index (χ0) is 19.3. The minimum Gasteiger partial charge on any atom is -0.398 e. The molecule has 4 aromatic rings. The second-order valence-corrected chi connectivity index (χ2v) is 6.63. The molecule has 3 heteroatoms. The predicted molar refractivity (Wildman–Crippen MR) is 118 cm³/mol. The molecule has 0 spiro atoms. The van der Waals surface area contributed by atoms with E-state index in [4.69, 9.17) is 10.7 Å². The van der Waals surface area contributed by atoms with Crippen molar-refractivity contribution in [1.82, 2.24) is 9.55 Å². The van der Waals surface area contributed by atoms with E-state index in [1.54, 1.807) is 0 Å². The number of nitrogens with two attached hydrogens (primary N) is 1. The Morgan fingerprint density at radius 3 is 2.25 bits per heavy atom. The van der Waals surface area contributed by atoms with Gasteiger partial charge in [-0.3, -0.25) is 4.57 Å². The summed E-state index contributed by atoms with van der Waals surface area (Å²) in [6.07, 6.45) is 5.10. The van der Waals surface area contributed by atoms with Gasteiger partial charge in [-0.1, -0.05) is 73.7 Å². The van der Waals surface area contributed by atoms with E-state index in [1.807, 2.05) is 72.8 Å². The van der Waals surface area contributed by atoms with Gasteiger partial charge in [0, 0.05) is 17.0 Å². The Hall–Kier alpha value is -3.59. The van der Waals surface area contributed by atoms with E-state index >= 15 is 0 Å². The lowest BCUT2D eigenvalue weighted by Crippen LogP contribution is -2.02. The predicted octanol–water partition coefficient (Wildman–Crippen LogP) is 5.82. The minimum atomic E-state index is 0.729. The number of hydrogen-bond acceptors (Lipinski definition) is 2. The highest BCUT2D eigenvalue weighted by atomic mass is 15.1. The van der Waals surface area contributed by atoms with Crippen molar-refractivity contribution in [3.8, 4) is 5.69 Å². The van der Waals surface area contributed by atoms with Gasteiger partial charge in [-0.05, 0) is 42.3 Å². The van der Waals surface area contributed by atoms with Crippen molar-refractivity contribution in [2.45, 2.75) is 13.3 Å². The topological polar surface area (TPSA) is 43.8 Å². The lowest BCUT2D eigenvalue weighted by molar-refractivity contribution is 1.05. The lowest BCUT2D eigenvalue weighted by atomic mass is 10.1. The average Bonchev–Trinajstić information content (AvgIpc) is 3.14. The Balaban J connectivity index is 1.92. The molecule has 0 aliphatic carbocycles. The van der Waals surface area contributed by atoms with Crippen molar-refractivity contribution in [2.24, 2.45) is 5.73 Å². The molecule has 0 fully saturated rings. The standard InChI is InChI=1S/C25H23N3/c1-2-11-20(18-22(26)19-12-5-3-6-13-19)25-27-23-16-9-10-17-24(23)28(25)21-14-7-4-8-15-21/h3-18H,2,26H2,1H3/b20-11+,22-18-. The monoisotopic (exact) mass is 365 g/mol. The van der Waals surface area contributed by atoms with Crippen LogP contribution in [0.2, 0.25) is 0 Å². The van der Waals surface area contributed by atoms with Gasteiger partial charge in [-0.2, -0.15) is 0 Å². The van der Waals surface area contributed by atoms with Crippen LogP contribution < -0.4 is 5.73 Å². The summed E-state index contributed by atoms with van der Waals surface area (Å²) in [6.45, 7) is 2.13. The van der Waals surface area contributed by atoms with Crippen molar-refractivity contribution in [2.75, 3.05) is 0 Å². The first-order valence-electron chi connectivity index (χ1n) is 9.54. The van der Waals surface area contributed by atoms with Gasteiger partial charge in [0.1, 0.15) is 5.82 Å². The SMILES string of the molecule is CC/C=C(\C=C(/N)c1ccccc1)c1nc2ccccc2n1-c1ccccc1. The summed E-state index contributed by atoms with van der Waals surface area (Å²) in [6, 6.07) is 28.6. The van der Waals surface area contributed by atoms with Crippen LogP contribution >= 0.6 is 0 Å². The first-order valence-corrected chi connectivity index (χ1v) is 9.54. The molecule has 3 nitrogen and oxygen atoms in total. The summed E-state index contributed by atoms with van der Waals surface area (Å²) in [4.78, 5) is 4.95. The molecule has 138 valence electrons. The van der Waals surface area contributed by atoms with Gasteiger partial charge in [0.15, 0.2) is 0 Å². The first kappa shape index (κ1) is 17.8. The molecule has 2 N–H and O–H groups in total. The number of benzene rings is 3. The zero-order valence-corrected chi connectivity index (χ0v) is 15.9. The number of para-hydroxylation sites is 3. The maximum absolute atomic E-state index is 6.43. The number of allylic oxidation sites excluding steroid dienone is 3. The highest BCUT2D eigenvalue weighted by molar-refractivity contribution is 5.87. The number of fused-ring (bicyclic) bond motifs is 1. The van der Waals surface area contributed by atoms with E-state index in [1.165, 1.54) is 0 Å². The summed E-state index contributed by atoms with van der Waals surface area (Å²) < 4.78 is 2.20. The molecule has 0 saturated heterocycles. The third kappa shape index (κ3) is 3.47. The molecule has 1 aromatic heterocycles. The van der Waals surface area contributed by atoms with Crippen LogP contribution in [0.3, 0.4) is 0 Å². The van der Waals surface area contributed by atoms with Gasteiger partial charge in [0.2, 0.25) is 0 Å². The number of imidazole rings is 1. The lowest BCUT2D eigenvalue weighted by Gasteiger charge is -2.11. The number of aromatic nitrogens is 2. The summed E-state index contributed by atoms with van der Waals surface area (Å²) in [5.74, 6) is 0.896. The average molecular weight is 365 g/mol. The molecule has 1 heterocycles. The second-order valence-electron chi connectivity index (χ2n) is 6.63. The van der Waals surface area contributed by atoms with E-state index in [0.29, 0.717) is 0 Å². The Bertz CT molecular complexity index is 1140. The van der Waals surface area contributed by atoms with Gasteiger partial charge in [0.05, 0.1) is 11.0 Å². The highest BCUT2D eigenvalue weighted by Gasteiger charge is 2.15. The van der Waals surface area contributed by atoms with Gasteiger partial charge in [-0.15, -0.1) is 0 Å². The molecular weight excluding hydrogens is 342 g/mol. The maximum Gasteiger partial charge on any atom is 0.145 e. The van der Waals surface area contributed by atoms with Crippen molar-refractivity contribution >= 4 is 22.3 Å². The molecular formula is C25H23N3. The van der Waals surface area contributed by atoms with E-state index in [0.717, 1.165) is 45.8 Å². The fourth-order valence-electron chi connectivity index (χ4n) is 3.37. The van der Waals surface area contributed by atoms with Crippen molar-refractivity contribution < 1.29 is 0 Å². The van der Waals surface area contributed by atoms with Crippen LogP contribution in [-0.2, 0) is 0 Å². The normalized spacial score (nSPS) is 12.5. The van der Waals surface area contributed by atoms with Crippen LogP contribution in [0, 0.1) is 0 Å².